The van der Waals surface area contributed by atoms with Crippen molar-refractivity contribution < 1.29 is 26.5 Å². The van der Waals surface area contributed by atoms with Crippen molar-refractivity contribution in [3.8, 4) is 0 Å². The molecule has 0 aliphatic heterocycles. The lowest BCUT2D eigenvalue weighted by atomic mass is 10.1. The smallest absolute Gasteiger partial charge is 0.378 e. The molecule has 1 aromatic carbocycles. The van der Waals surface area contributed by atoms with Gasteiger partial charge >= 0.3 is 6.18 Å². The van der Waals surface area contributed by atoms with Crippen LogP contribution in [0, 0.1) is 10.1 Å². The minimum atomic E-state index is -4.68. The van der Waals surface area contributed by atoms with Gasteiger partial charge in [-0.3, -0.25) is 10.1 Å². The van der Waals surface area contributed by atoms with E-state index < -0.39 is 32.2 Å². The second kappa shape index (κ2) is 5.65. The molecule has 1 aromatic rings. The van der Waals surface area contributed by atoms with Gasteiger partial charge in [0, 0.05) is 18.9 Å². The van der Waals surface area contributed by atoms with Crippen LogP contribution < -0.4 is 5.32 Å². The average Bonchev–Trinajstić information content (AvgIpc) is 2.25. The Labute approximate surface area is 112 Å². The zero-order valence-corrected chi connectivity index (χ0v) is 11.1. The van der Waals surface area contributed by atoms with Crippen LogP contribution in [-0.4, -0.2) is 31.9 Å². The number of hydrogen-bond donors (Lipinski definition) is 1. The number of anilines is 1. The van der Waals surface area contributed by atoms with Crippen molar-refractivity contribution >= 4 is 21.2 Å². The van der Waals surface area contributed by atoms with E-state index in [4.69, 9.17) is 0 Å². The molecule has 10 heteroatoms. The van der Waals surface area contributed by atoms with Gasteiger partial charge in [-0.05, 0) is 12.1 Å². The Morgan fingerprint density at radius 2 is 1.95 bits per heavy atom. The lowest BCUT2D eigenvalue weighted by Crippen LogP contribution is -2.15. The summed E-state index contributed by atoms with van der Waals surface area (Å²) >= 11 is 0. The Kier molecular flexibility index (Phi) is 4.58. The fraction of sp³-hybridized carbons (Fsp3) is 0.400. The predicted octanol–water partition coefficient (Wildman–Crippen LogP) is 2.07. The molecule has 112 valence electrons. The molecule has 0 fully saturated rings. The van der Waals surface area contributed by atoms with Crippen LogP contribution in [0.5, 0.6) is 0 Å². The van der Waals surface area contributed by atoms with Crippen molar-refractivity contribution in [1.82, 2.24) is 0 Å². The van der Waals surface area contributed by atoms with Gasteiger partial charge < -0.3 is 5.32 Å². The van der Waals surface area contributed by atoms with E-state index in [0.29, 0.717) is 12.1 Å². The van der Waals surface area contributed by atoms with Crippen LogP contribution in [0.1, 0.15) is 5.56 Å². The lowest BCUT2D eigenvalue weighted by molar-refractivity contribution is -0.384. The average molecular weight is 312 g/mol. The summed E-state index contributed by atoms with van der Waals surface area (Å²) in [5.74, 6) is -0.287. The number of nitrogens with one attached hydrogen (secondary N) is 1. The van der Waals surface area contributed by atoms with Crippen LogP contribution in [0.2, 0.25) is 0 Å². The Bertz CT molecular complexity index is 613. The lowest BCUT2D eigenvalue weighted by Gasteiger charge is -2.10. The second-order valence-electron chi connectivity index (χ2n) is 4.04. The van der Waals surface area contributed by atoms with E-state index in [-0.39, 0.29) is 18.0 Å². The van der Waals surface area contributed by atoms with E-state index in [1.165, 1.54) is 0 Å². The van der Waals surface area contributed by atoms with E-state index in [0.717, 1.165) is 12.3 Å². The fourth-order valence-electron chi connectivity index (χ4n) is 1.38. The number of benzene rings is 1. The molecule has 6 nitrogen and oxygen atoms in total. The van der Waals surface area contributed by atoms with Crippen molar-refractivity contribution in [2.75, 3.05) is 23.9 Å². The van der Waals surface area contributed by atoms with Gasteiger partial charge in [-0.1, -0.05) is 0 Å². The predicted molar refractivity (Wildman–Crippen MR) is 66.3 cm³/mol. The molecule has 0 aromatic heterocycles. The van der Waals surface area contributed by atoms with Crippen molar-refractivity contribution in [2.24, 2.45) is 0 Å². The summed E-state index contributed by atoms with van der Waals surface area (Å²) in [6.45, 7) is -0.134. The number of alkyl halides is 3. The molecule has 0 atom stereocenters. The van der Waals surface area contributed by atoms with Gasteiger partial charge in [0.1, 0.15) is 15.5 Å². The molecule has 0 saturated carbocycles. The number of nitro benzene ring substituents is 1. The first kappa shape index (κ1) is 16.2. The summed E-state index contributed by atoms with van der Waals surface area (Å²) in [5.41, 5.74) is -2.06. The molecular weight excluding hydrogens is 301 g/mol. The molecule has 20 heavy (non-hydrogen) atoms. The normalized spacial score (nSPS) is 12.2. The molecule has 0 unspecified atom stereocenters. The van der Waals surface area contributed by atoms with Crippen LogP contribution >= 0.6 is 0 Å². The number of sulfone groups is 1. The molecule has 1 rings (SSSR count). The maximum absolute atomic E-state index is 12.4. The molecule has 0 saturated heterocycles. The summed E-state index contributed by atoms with van der Waals surface area (Å²) in [7, 11) is -3.27. The Morgan fingerprint density at radius 3 is 2.40 bits per heavy atom. The van der Waals surface area contributed by atoms with E-state index in [1.54, 1.807) is 0 Å². The molecule has 0 spiro atoms. The molecule has 0 aliphatic carbocycles. The topological polar surface area (TPSA) is 89.3 Å². The molecule has 0 heterocycles. The monoisotopic (exact) mass is 312 g/mol. The van der Waals surface area contributed by atoms with Gasteiger partial charge in [-0.2, -0.15) is 13.2 Å². The van der Waals surface area contributed by atoms with Gasteiger partial charge in [-0.25, -0.2) is 8.42 Å². The van der Waals surface area contributed by atoms with Crippen LogP contribution in [0.25, 0.3) is 0 Å². The van der Waals surface area contributed by atoms with E-state index in [9.17, 15) is 31.7 Å². The van der Waals surface area contributed by atoms with Crippen LogP contribution in [0.3, 0.4) is 0 Å². The maximum Gasteiger partial charge on any atom is 0.416 e. The van der Waals surface area contributed by atoms with E-state index in [2.05, 4.69) is 5.32 Å². The fourth-order valence-corrected chi connectivity index (χ4v) is 1.85. The number of halogens is 3. The Balaban J connectivity index is 3.00. The molecule has 0 radical (unpaired) electrons. The molecule has 0 aliphatic rings. The largest absolute Gasteiger partial charge is 0.416 e. The number of nitrogens with zero attached hydrogens (tertiary/aromatic N) is 1. The highest BCUT2D eigenvalue weighted by atomic mass is 32.2. The summed E-state index contributed by atoms with van der Waals surface area (Å²) < 4.78 is 59.2. The first-order valence-corrected chi connectivity index (χ1v) is 7.34. The quantitative estimate of drug-likeness (QED) is 0.664. The minimum absolute atomic E-state index is 0.134. The van der Waals surface area contributed by atoms with Crippen LogP contribution in [0.4, 0.5) is 24.5 Å². The first-order valence-electron chi connectivity index (χ1n) is 5.28. The van der Waals surface area contributed by atoms with Crippen molar-refractivity contribution in [1.29, 1.82) is 0 Å². The molecular formula is C10H11F3N2O4S. The minimum Gasteiger partial charge on any atom is -0.378 e. The van der Waals surface area contributed by atoms with Gasteiger partial charge in [0.15, 0.2) is 0 Å². The first-order chi connectivity index (χ1) is 9.00. The zero-order valence-electron chi connectivity index (χ0n) is 10.3. The number of hydrogen-bond acceptors (Lipinski definition) is 5. The SMILES string of the molecule is CS(=O)(=O)CCNc1ccc(C(F)(F)F)cc1[N+](=O)[O-]. The van der Waals surface area contributed by atoms with Crippen molar-refractivity contribution in [3.63, 3.8) is 0 Å². The summed E-state index contributed by atoms with van der Waals surface area (Å²) in [5, 5.41) is 13.2. The number of rotatable bonds is 5. The number of nitro groups is 1. The highest BCUT2D eigenvalue weighted by Crippen LogP contribution is 2.34. The molecule has 1 N–H and O–H groups in total. The third-order valence-electron chi connectivity index (χ3n) is 2.31. The highest BCUT2D eigenvalue weighted by molar-refractivity contribution is 7.90. The molecule has 0 bridgehead atoms. The zero-order chi connectivity index (χ0) is 15.6. The van der Waals surface area contributed by atoms with Gasteiger partial charge in [0.2, 0.25) is 0 Å². The van der Waals surface area contributed by atoms with E-state index >= 15 is 0 Å². The third kappa shape index (κ3) is 4.68. The van der Waals surface area contributed by atoms with Gasteiger partial charge in [0.05, 0.1) is 16.2 Å². The van der Waals surface area contributed by atoms with Gasteiger partial charge in [0.25, 0.3) is 5.69 Å². The van der Waals surface area contributed by atoms with E-state index in [1.807, 2.05) is 0 Å². The summed E-state index contributed by atoms with van der Waals surface area (Å²) in [6.07, 6.45) is -3.70. The maximum atomic E-state index is 12.4. The van der Waals surface area contributed by atoms with Gasteiger partial charge in [-0.15, -0.1) is 0 Å². The standard InChI is InChI=1S/C10H11F3N2O4S/c1-20(18,19)5-4-14-8-3-2-7(10(11,12)13)6-9(8)15(16)17/h2-3,6,14H,4-5H2,1H3. The Morgan fingerprint density at radius 1 is 1.35 bits per heavy atom. The van der Waals surface area contributed by atoms with Crippen LogP contribution in [-0.2, 0) is 16.0 Å². The Hall–Kier alpha value is -1.84. The summed E-state index contributed by atoms with van der Waals surface area (Å²) in [4.78, 5) is 9.78. The van der Waals surface area contributed by atoms with Crippen molar-refractivity contribution in [2.45, 2.75) is 6.18 Å². The second-order valence-corrected chi connectivity index (χ2v) is 6.30. The third-order valence-corrected chi connectivity index (χ3v) is 3.26. The van der Waals surface area contributed by atoms with Crippen molar-refractivity contribution in [3.05, 3.63) is 33.9 Å². The molecule has 0 amide bonds. The highest BCUT2D eigenvalue weighted by Gasteiger charge is 2.32. The van der Waals surface area contributed by atoms with Crippen LogP contribution in [0.15, 0.2) is 18.2 Å². The summed E-state index contributed by atoms with van der Waals surface area (Å²) in [6, 6.07) is 2.00.